The van der Waals surface area contributed by atoms with E-state index in [1.54, 1.807) is 0 Å². The van der Waals surface area contributed by atoms with Crippen LogP contribution >= 0.6 is 11.8 Å². The zero-order valence-electron chi connectivity index (χ0n) is 17.3. The van der Waals surface area contributed by atoms with Gasteiger partial charge in [-0.1, -0.05) is 36.0 Å². The molecular weight excluding hydrogens is 398 g/mol. The highest BCUT2D eigenvalue weighted by atomic mass is 32.2. The molecule has 1 amide bonds. The Bertz CT molecular complexity index is 889. The Morgan fingerprint density at radius 1 is 1.10 bits per heavy atom. The molecule has 30 heavy (non-hydrogen) atoms. The van der Waals surface area contributed by atoms with Gasteiger partial charge in [0.2, 0.25) is 11.9 Å². The molecule has 1 aromatic carbocycles. The first-order valence-electron chi connectivity index (χ1n) is 11.0. The predicted octanol–water partition coefficient (Wildman–Crippen LogP) is 2.73. The van der Waals surface area contributed by atoms with Crippen LogP contribution in [0, 0.1) is 0 Å². The van der Waals surface area contributed by atoms with Gasteiger partial charge in [0.15, 0.2) is 5.16 Å². The Hall–Kier alpha value is -2.06. The van der Waals surface area contributed by atoms with Crippen LogP contribution in [0.15, 0.2) is 29.4 Å². The summed E-state index contributed by atoms with van der Waals surface area (Å²) in [4.78, 5) is 17.2. The molecular formula is C22H29N5O2S. The number of benzene rings is 1. The van der Waals surface area contributed by atoms with Gasteiger partial charge in [-0.25, -0.2) is 0 Å². The smallest absolute Gasteiger partial charge is 0.233 e. The molecule has 8 heteroatoms. The Balaban J connectivity index is 1.26. The third-order valence-corrected chi connectivity index (χ3v) is 7.26. The average molecular weight is 428 g/mol. The summed E-state index contributed by atoms with van der Waals surface area (Å²) in [5, 5.41) is 9.79. The van der Waals surface area contributed by atoms with Crippen LogP contribution in [0.5, 0.6) is 0 Å². The number of carbonyl (C=O) groups excluding carboxylic acids is 1. The first-order chi connectivity index (χ1) is 14.8. The van der Waals surface area contributed by atoms with Crippen molar-refractivity contribution >= 4 is 23.6 Å². The molecule has 160 valence electrons. The zero-order chi connectivity index (χ0) is 20.3. The molecule has 3 aliphatic heterocycles. The lowest BCUT2D eigenvalue weighted by Gasteiger charge is -2.28. The summed E-state index contributed by atoms with van der Waals surface area (Å²) >= 11 is 1.51. The van der Waals surface area contributed by atoms with Crippen LogP contribution in [-0.2, 0) is 29.0 Å². The number of ether oxygens (including phenoxy) is 1. The van der Waals surface area contributed by atoms with Crippen molar-refractivity contribution in [2.45, 2.75) is 56.5 Å². The van der Waals surface area contributed by atoms with Crippen molar-refractivity contribution in [3.05, 3.63) is 35.4 Å². The first kappa shape index (κ1) is 19.9. The number of hydrogen-bond acceptors (Lipinski definition) is 6. The predicted molar refractivity (Wildman–Crippen MR) is 117 cm³/mol. The molecule has 4 heterocycles. The summed E-state index contributed by atoms with van der Waals surface area (Å²) < 4.78 is 8.06. The fourth-order valence-corrected chi connectivity index (χ4v) is 5.46. The van der Waals surface area contributed by atoms with Gasteiger partial charge in [-0.3, -0.25) is 9.36 Å². The highest BCUT2D eigenvalue weighted by Crippen LogP contribution is 2.28. The second-order valence-corrected chi connectivity index (χ2v) is 9.29. The lowest BCUT2D eigenvalue weighted by atomic mass is 10.00. The highest BCUT2D eigenvalue weighted by molar-refractivity contribution is 7.99. The van der Waals surface area contributed by atoms with E-state index < -0.39 is 0 Å². The van der Waals surface area contributed by atoms with Crippen LogP contribution in [0.3, 0.4) is 0 Å². The highest BCUT2D eigenvalue weighted by Gasteiger charge is 2.26. The van der Waals surface area contributed by atoms with Crippen LogP contribution < -0.4 is 4.90 Å². The van der Waals surface area contributed by atoms with E-state index in [-0.39, 0.29) is 12.0 Å². The summed E-state index contributed by atoms with van der Waals surface area (Å²) in [7, 11) is 0. The SMILES string of the molecule is O=C(CSc1nnc(N2CCCC2)n1C[C@@H]1CCCO1)N1CCc2ccccc2C1. The molecule has 5 rings (SSSR count). The maximum absolute atomic E-state index is 12.9. The minimum atomic E-state index is 0.170. The van der Waals surface area contributed by atoms with Gasteiger partial charge >= 0.3 is 0 Å². The minimum absolute atomic E-state index is 0.170. The second kappa shape index (κ2) is 8.98. The molecule has 2 saturated heterocycles. The van der Waals surface area contributed by atoms with Crippen molar-refractivity contribution in [1.82, 2.24) is 19.7 Å². The maximum atomic E-state index is 12.9. The standard InChI is InChI=1S/C22H29N5O2S/c28-20(26-12-9-17-6-1-2-7-18(17)14-26)16-30-22-24-23-21(25-10-3-4-11-25)27(22)15-19-8-5-13-29-19/h1-2,6-7,19H,3-5,8-16H2/t19-/m0/s1. The number of nitrogens with zero attached hydrogens (tertiary/aromatic N) is 5. The van der Waals surface area contributed by atoms with E-state index >= 15 is 0 Å². The molecule has 2 aromatic rings. The minimum Gasteiger partial charge on any atom is -0.376 e. The molecule has 0 aliphatic carbocycles. The van der Waals surface area contributed by atoms with Gasteiger partial charge in [0.25, 0.3) is 0 Å². The zero-order valence-corrected chi connectivity index (χ0v) is 18.1. The molecule has 0 spiro atoms. The lowest BCUT2D eigenvalue weighted by molar-refractivity contribution is -0.129. The summed E-state index contributed by atoms with van der Waals surface area (Å²) in [5.74, 6) is 1.50. The van der Waals surface area contributed by atoms with E-state index in [0.717, 1.165) is 63.2 Å². The van der Waals surface area contributed by atoms with E-state index in [0.29, 0.717) is 12.3 Å². The first-order valence-corrected chi connectivity index (χ1v) is 12.0. The van der Waals surface area contributed by atoms with Crippen LogP contribution in [-0.4, -0.2) is 63.7 Å². The van der Waals surface area contributed by atoms with Gasteiger partial charge in [0.1, 0.15) is 0 Å². The maximum Gasteiger partial charge on any atom is 0.233 e. The van der Waals surface area contributed by atoms with E-state index in [1.165, 1.54) is 35.7 Å². The third kappa shape index (κ3) is 4.21. The number of rotatable bonds is 6. The largest absolute Gasteiger partial charge is 0.376 e. The van der Waals surface area contributed by atoms with Crippen molar-refractivity contribution in [2.75, 3.05) is 36.9 Å². The van der Waals surface area contributed by atoms with Crippen LogP contribution in [0.1, 0.15) is 36.8 Å². The van der Waals surface area contributed by atoms with Crippen LogP contribution in [0.2, 0.25) is 0 Å². The monoisotopic (exact) mass is 427 g/mol. The number of hydrogen-bond donors (Lipinski definition) is 0. The van der Waals surface area contributed by atoms with E-state index in [4.69, 9.17) is 4.74 Å². The van der Waals surface area contributed by atoms with Gasteiger partial charge < -0.3 is 14.5 Å². The number of amides is 1. The molecule has 0 radical (unpaired) electrons. The van der Waals surface area contributed by atoms with E-state index in [9.17, 15) is 4.79 Å². The van der Waals surface area contributed by atoms with E-state index in [2.05, 4.69) is 43.9 Å². The van der Waals surface area contributed by atoms with Crippen molar-refractivity contribution in [2.24, 2.45) is 0 Å². The molecule has 0 bridgehead atoms. The van der Waals surface area contributed by atoms with Gasteiger partial charge in [0, 0.05) is 32.8 Å². The molecule has 1 aromatic heterocycles. The molecule has 1 atom stereocenters. The number of anilines is 1. The fraction of sp³-hybridized carbons (Fsp3) is 0.591. The molecule has 7 nitrogen and oxygen atoms in total. The van der Waals surface area contributed by atoms with Crippen LogP contribution in [0.4, 0.5) is 5.95 Å². The summed E-state index contributed by atoms with van der Waals surface area (Å²) in [6.45, 7) is 5.16. The summed E-state index contributed by atoms with van der Waals surface area (Å²) in [6.07, 6.45) is 5.74. The Labute approximate surface area is 181 Å². The molecule has 0 N–H and O–H groups in total. The molecule has 0 unspecified atom stereocenters. The second-order valence-electron chi connectivity index (χ2n) is 8.35. The molecule has 2 fully saturated rings. The number of thioether (sulfide) groups is 1. The van der Waals surface area contributed by atoms with Gasteiger partial charge in [-0.15, -0.1) is 10.2 Å². The van der Waals surface area contributed by atoms with E-state index in [1.807, 2.05) is 4.90 Å². The summed E-state index contributed by atoms with van der Waals surface area (Å²) in [5.41, 5.74) is 2.63. The Morgan fingerprint density at radius 2 is 1.93 bits per heavy atom. The summed E-state index contributed by atoms with van der Waals surface area (Å²) in [6, 6.07) is 8.42. The van der Waals surface area contributed by atoms with Gasteiger partial charge in [-0.05, 0) is 43.2 Å². The third-order valence-electron chi connectivity index (χ3n) is 6.30. The average Bonchev–Trinajstić information content (AvgIpc) is 3.54. The Morgan fingerprint density at radius 3 is 2.73 bits per heavy atom. The lowest BCUT2D eigenvalue weighted by Crippen LogP contribution is -2.37. The fourth-order valence-electron chi connectivity index (χ4n) is 4.62. The van der Waals surface area contributed by atoms with Gasteiger partial charge in [0.05, 0.1) is 18.4 Å². The quantitative estimate of drug-likeness (QED) is 0.661. The van der Waals surface area contributed by atoms with Crippen molar-refractivity contribution in [1.29, 1.82) is 0 Å². The number of fused-ring (bicyclic) bond motifs is 1. The number of aromatic nitrogens is 3. The van der Waals surface area contributed by atoms with Crippen LogP contribution in [0.25, 0.3) is 0 Å². The normalized spacial score (nSPS) is 21.3. The number of carbonyl (C=O) groups is 1. The molecule has 3 aliphatic rings. The van der Waals surface area contributed by atoms with Crippen molar-refractivity contribution < 1.29 is 9.53 Å². The topological polar surface area (TPSA) is 63.5 Å². The molecule has 0 saturated carbocycles. The Kier molecular flexibility index (Phi) is 5.95. The van der Waals surface area contributed by atoms with Crippen molar-refractivity contribution in [3.63, 3.8) is 0 Å². The van der Waals surface area contributed by atoms with Gasteiger partial charge in [-0.2, -0.15) is 0 Å². The van der Waals surface area contributed by atoms with Crippen molar-refractivity contribution in [3.8, 4) is 0 Å².